The molecule has 6 nitrogen and oxygen atoms in total. The van der Waals surface area contributed by atoms with E-state index in [1.807, 2.05) is 0 Å². The first-order valence-electron chi connectivity index (χ1n) is 5.09. The number of nitrogens with zero attached hydrogens (tertiary/aromatic N) is 2. The van der Waals surface area contributed by atoms with E-state index in [1.54, 1.807) is 0 Å². The summed E-state index contributed by atoms with van der Waals surface area (Å²) < 4.78 is 0. The molecule has 1 aromatic carbocycles. The number of carbonyl (C=O) groups is 4. The highest BCUT2D eigenvalue weighted by Crippen LogP contribution is 2.29. The van der Waals surface area contributed by atoms with Gasteiger partial charge in [0.15, 0.2) is 0 Å². The number of benzene rings is 1. The van der Waals surface area contributed by atoms with Gasteiger partial charge >= 0.3 is 0 Å². The number of fused-ring (bicyclic) bond motifs is 1. The van der Waals surface area contributed by atoms with Crippen molar-refractivity contribution in [1.29, 1.82) is 0 Å². The van der Waals surface area contributed by atoms with Crippen molar-refractivity contribution < 1.29 is 19.2 Å². The highest BCUT2D eigenvalue weighted by molar-refractivity contribution is 6.32. The average molecular weight is 241 g/mol. The van der Waals surface area contributed by atoms with Crippen LogP contribution < -0.4 is 10.2 Å². The van der Waals surface area contributed by atoms with E-state index < -0.39 is 23.6 Å². The van der Waals surface area contributed by atoms with E-state index in [9.17, 15) is 19.2 Å². The van der Waals surface area contributed by atoms with Crippen LogP contribution in [0, 0.1) is 0 Å². The standard InChI is InChI=1S/C12H5N2O4/c15-8-4-5-9(16)14(8)7-3-1-2-6-10(7)12(18)13-11(6)17/h1-5H. The molecule has 1 aromatic rings. The molecule has 0 unspecified atom stereocenters. The SMILES string of the molecule is O=C1[N]C(=O)c2c1cccc2N1C(=O)C=CC1=O. The number of imide groups is 2. The maximum Gasteiger partial charge on any atom is 0.283 e. The molecule has 0 aromatic heterocycles. The number of rotatable bonds is 1. The van der Waals surface area contributed by atoms with Gasteiger partial charge in [-0.3, -0.25) is 19.2 Å². The molecule has 6 heteroatoms. The first-order valence-corrected chi connectivity index (χ1v) is 5.09. The number of hydrogen-bond donors (Lipinski definition) is 0. The Morgan fingerprint density at radius 1 is 0.889 bits per heavy atom. The molecular formula is C12H5N2O4. The minimum absolute atomic E-state index is 0.00731. The van der Waals surface area contributed by atoms with Crippen LogP contribution in [-0.4, -0.2) is 23.6 Å². The summed E-state index contributed by atoms with van der Waals surface area (Å²) in [6, 6.07) is 4.38. The van der Waals surface area contributed by atoms with Crippen LogP contribution >= 0.6 is 0 Å². The zero-order chi connectivity index (χ0) is 12.9. The summed E-state index contributed by atoms with van der Waals surface area (Å²) in [4.78, 5) is 47.0. The summed E-state index contributed by atoms with van der Waals surface area (Å²) in [5, 5.41) is 3.29. The zero-order valence-corrected chi connectivity index (χ0v) is 8.91. The van der Waals surface area contributed by atoms with Crippen molar-refractivity contribution in [3.05, 3.63) is 41.5 Å². The van der Waals surface area contributed by atoms with Crippen molar-refractivity contribution in [3.8, 4) is 0 Å². The molecular weight excluding hydrogens is 236 g/mol. The van der Waals surface area contributed by atoms with Crippen molar-refractivity contribution >= 4 is 29.3 Å². The van der Waals surface area contributed by atoms with Crippen LogP contribution in [0.15, 0.2) is 30.4 Å². The third kappa shape index (κ3) is 1.22. The van der Waals surface area contributed by atoms with Gasteiger partial charge in [-0.15, -0.1) is 0 Å². The molecule has 87 valence electrons. The number of carbonyl (C=O) groups excluding carboxylic acids is 4. The molecule has 0 saturated heterocycles. The van der Waals surface area contributed by atoms with Crippen molar-refractivity contribution in [3.63, 3.8) is 0 Å². The Balaban J connectivity index is 2.21. The third-order valence-corrected chi connectivity index (χ3v) is 2.74. The minimum atomic E-state index is -0.724. The summed E-state index contributed by atoms with van der Waals surface area (Å²) in [5.74, 6) is -2.46. The van der Waals surface area contributed by atoms with E-state index in [2.05, 4.69) is 5.32 Å². The maximum absolute atomic E-state index is 11.6. The molecule has 18 heavy (non-hydrogen) atoms. The van der Waals surface area contributed by atoms with Crippen LogP contribution in [-0.2, 0) is 9.59 Å². The van der Waals surface area contributed by atoms with Crippen LogP contribution in [0.2, 0.25) is 0 Å². The van der Waals surface area contributed by atoms with E-state index in [4.69, 9.17) is 0 Å². The Labute approximate surface area is 101 Å². The van der Waals surface area contributed by atoms with Gasteiger partial charge in [-0.2, -0.15) is 5.32 Å². The predicted octanol–water partition coefficient (Wildman–Crippen LogP) is 0.0144. The predicted molar refractivity (Wildman–Crippen MR) is 58.9 cm³/mol. The van der Waals surface area contributed by atoms with Gasteiger partial charge in [0.25, 0.3) is 23.6 Å². The summed E-state index contributed by atoms with van der Waals surface area (Å²) in [5.41, 5.74) is 0.227. The van der Waals surface area contributed by atoms with Gasteiger partial charge in [-0.05, 0) is 12.1 Å². The molecule has 2 aliphatic rings. The van der Waals surface area contributed by atoms with E-state index in [0.29, 0.717) is 0 Å². The highest BCUT2D eigenvalue weighted by Gasteiger charge is 2.36. The Morgan fingerprint density at radius 3 is 2.22 bits per heavy atom. The van der Waals surface area contributed by atoms with E-state index in [1.165, 1.54) is 18.2 Å². The molecule has 0 bridgehead atoms. The van der Waals surface area contributed by atoms with Gasteiger partial charge in [0.2, 0.25) is 0 Å². The van der Waals surface area contributed by atoms with Gasteiger partial charge < -0.3 is 0 Å². The number of hydrogen-bond acceptors (Lipinski definition) is 4. The minimum Gasteiger partial charge on any atom is -0.269 e. The van der Waals surface area contributed by atoms with Crippen LogP contribution in [0.1, 0.15) is 20.7 Å². The maximum atomic E-state index is 11.6. The second-order valence-corrected chi connectivity index (χ2v) is 3.77. The fourth-order valence-corrected chi connectivity index (χ4v) is 1.98. The van der Waals surface area contributed by atoms with Crippen LogP contribution in [0.4, 0.5) is 5.69 Å². The van der Waals surface area contributed by atoms with Crippen molar-refractivity contribution in [2.45, 2.75) is 0 Å². The third-order valence-electron chi connectivity index (χ3n) is 2.74. The van der Waals surface area contributed by atoms with Crippen LogP contribution in [0.5, 0.6) is 0 Å². The number of amides is 4. The van der Waals surface area contributed by atoms with E-state index >= 15 is 0 Å². The molecule has 0 saturated carbocycles. The lowest BCUT2D eigenvalue weighted by atomic mass is 10.1. The smallest absolute Gasteiger partial charge is 0.269 e. The Bertz CT molecular complexity index is 642. The molecule has 1 radical (unpaired) electrons. The molecule has 0 atom stereocenters. The lowest BCUT2D eigenvalue weighted by molar-refractivity contribution is -0.119. The lowest BCUT2D eigenvalue weighted by Crippen LogP contribution is -2.31. The van der Waals surface area contributed by atoms with Crippen LogP contribution in [0.3, 0.4) is 0 Å². The Kier molecular flexibility index (Phi) is 1.94. The normalized spacial score (nSPS) is 17.4. The number of anilines is 1. The van der Waals surface area contributed by atoms with Crippen LogP contribution in [0.25, 0.3) is 0 Å². The fourth-order valence-electron chi connectivity index (χ4n) is 1.98. The quantitative estimate of drug-likeness (QED) is 0.648. The first-order chi connectivity index (χ1) is 8.59. The summed E-state index contributed by atoms with van der Waals surface area (Å²) in [6.45, 7) is 0. The topological polar surface area (TPSA) is 85.6 Å². The molecule has 3 rings (SSSR count). The molecule has 0 N–H and O–H groups in total. The molecule has 0 aliphatic carbocycles. The molecule has 4 amide bonds. The van der Waals surface area contributed by atoms with Gasteiger partial charge in [0, 0.05) is 12.2 Å². The Morgan fingerprint density at radius 2 is 1.56 bits per heavy atom. The van der Waals surface area contributed by atoms with Gasteiger partial charge in [0.1, 0.15) is 0 Å². The summed E-state index contributed by atoms with van der Waals surface area (Å²) >= 11 is 0. The van der Waals surface area contributed by atoms with Crippen molar-refractivity contribution in [2.24, 2.45) is 0 Å². The zero-order valence-electron chi connectivity index (χ0n) is 8.91. The van der Waals surface area contributed by atoms with Crippen molar-refractivity contribution in [2.75, 3.05) is 4.90 Å². The second kappa shape index (κ2) is 3.36. The van der Waals surface area contributed by atoms with E-state index in [0.717, 1.165) is 17.1 Å². The monoisotopic (exact) mass is 241 g/mol. The van der Waals surface area contributed by atoms with Gasteiger partial charge in [-0.25, -0.2) is 4.90 Å². The molecule has 0 fully saturated rings. The molecule has 2 aliphatic heterocycles. The molecule has 2 heterocycles. The lowest BCUT2D eigenvalue weighted by Gasteiger charge is -2.15. The fraction of sp³-hybridized carbons (Fsp3) is 0. The second-order valence-electron chi connectivity index (χ2n) is 3.77. The molecule has 0 spiro atoms. The highest BCUT2D eigenvalue weighted by atomic mass is 16.2. The van der Waals surface area contributed by atoms with Gasteiger partial charge in [-0.1, -0.05) is 6.07 Å². The summed E-state index contributed by atoms with van der Waals surface area (Å²) in [6.07, 6.45) is 2.22. The Hall–Kier alpha value is -2.76. The van der Waals surface area contributed by atoms with Crippen molar-refractivity contribution in [1.82, 2.24) is 5.32 Å². The largest absolute Gasteiger partial charge is 0.283 e. The van der Waals surface area contributed by atoms with E-state index in [-0.39, 0.29) is 16.8 Å². The van der Waals surface area contributed by atoms with Gasteiger partial charge in [0.05, 0.1) is 16.8 Å². The summed E-state index contributed by atoms with van der Waals surface area (Å²) in [7, 11) is 0. The average Bonchev–Trinajstić information content (AvgIpc) is 2.81. The first kappa shape index (κ1) is 10.4.